The number of carbonyl (C=O) groups is 1. The van der Waals surface area contributed by atoms with Crippen LogP contribution in [0.3, 0.4) is 0 Å². The molecule has 0 N–H and O–H groups in total. The molecule has 0 aromatic heterocycles. The van der Waals surface area contributed by atoms with Gasteiger partial charge in [0.25, 0.3) is 0 Å². The lowest BCUT2D eigenvalue weighted by molar-refractivity contribution is -0.0510. The third-order valence-corrected chi connectivity index (χ3v) is 6.59. The molecule has 3 heterocycles. The van der Waals surface area contributed by atoms with Crippen molar-refractivity contribution in [1.29, 1.82) is 0 Å². The number of hydrogen-bond acceptors (Lipinski definition) is 5. The zero-order valence-electron chi connectivity index (χ0n) is 19.7. The van der Waals surface area contributed by atoms with Gasteiger partial charge < -0.3 is 18.8 Å². The molecule has 1 aromatic rings. The predicted molar refractivity (Wildman–Crippen MR) is 121 cm³/mol. The van der Waals surface area contributed by atoms with Crippen molar-refractivity contribution in [2.45, 2.75) is 83.8 Å². The van der Waals surface area contributed by atoms with Crippen LogP contribution in [0.15, 0.2) is 30.3 Å². The quantitative estimate of drug-likeness (QED) is 0.673. The largest absolute Gasteiger partial charge is 0.494 e. The molecule has 2 atom stereocenters. The summed E-state index contributed by atoms with van der Waals surface area (Å²) < 4.78 is 23.9. The first-order valence-corrected chi connectivity index (χ1v) is 11.1. The molecule has 3 aliphatic rings. The van der Waals surface area contributed by atoms with Crippen molar-refractivity contribution in [3.05, 3.63) is 35.9 Å². The summed E-state index contributed by atoms with van der Waals surface area (Å²) in [5.41, 5.74) is 2.09. The Morgan fingerprint density at radius 3 is 2.42 bits per heavy atom. The number of morpholine rings is 1. The first kappa shape index (κ1) is 22.4. The van der Waals surface area contributed by atoms with E-state index in [9.17, 15) is 4.79 Å². The van der Waals surface area contributed by atoms with Gasteiger partial charge in [0.1, 0.15) is 5.60 Å². The first-order valence-electron chi connectivity index (χ1n) is 11.1. The van der Waals surface area contributed by atoms with Crippen molar-refractivity contribution in [2.24, 2.45) is 0 Å². The molecule has 3 aliphatic heterocycles. The van der Waals surface area contributed by atoms with Crippen LogP contribution >= 0.6 is 0 Å². The number of ether oxygens (including phenoxy) is 2. The molecule has 168 valence electrons. The van der Waals surface area contributed by atoms with E-state index in [1.807, 2.05) is 37.8 Å². The van der Waals surface area contributed by atoms with Gasteiger partial charge in [0, 0.05) is 0 Å². The van der Waals surface area contributed by atoms with Crippen LogP contribution in [0.25, 0.3) is 5.57 Å². The van der Waals surface area contributed by atoms with Crippen LogP contribution in [0.5, 0.6) is 0 Å². The van der Waals surface area contributed by atoms with Crippen LogP contribution in [-0.2, 0) is 18.8 Å². The monoisotopic (exact) mass is 427 g/mol. The van der Waals surface area contributed by atoms with E-state index >= 15 is 0 Å². The average molecular weight is 427 g/mol. The SMILES string of the molecule is CC(C)(C)OC(=O)N1C2C=C(c3cccc(B4OC(C)(C)C(C)(C)O4)c3)CC1COC2. The molecule has 7 heteroatoms. The van der Waals surface area contributed by atoms with E-state index in [0.29, 0.717) is 13.2 Å². The number of benzene rings is 1. The lowest BCUT2D eigenvalue weighted by atomic mass is 9.77. The Hall–Kier alpha value is -1.83. The van der Waals surface area contributed by atoms with E-state index in [1.165, 1.54) is 5.57 Å². The summed E-state index contributed by atoms with van der Waals surface area (Å²) >= 11 is 0. The third-order valence-electron chi connectivity index (χ3n) is 6.59. The second kappa shape index (κ2) is 7.64. The average Bonchev–Trinajstić information content (AvgIpc) is 2.87. The van der Waals surface area contributed by atoms with Gasteiger partial charge in [-0.05, 0) is 71.5 Å². The van der Waals surface area contributed by atoms with Crippen molar-refractivity contribution in [2.75, 3.05) is 13.2 Å². The molecule has 0 spiro atoms. The predicted octanol–water partition coefficient (Wildman–Crippen LogP) is 3.78. The number of fused-ring (bicyclic) bond motifs is 2. The Labute approximate surface area is 186 Å². The van der Waals surface area contributed by atoms with Crippen molar-refractivity contribution in [3.8, 4) is 0 Å². The Bertz CT molecular complexity index is 872. The summed E-state index contributed by atoms with van der Waals surface area (Å²) in [5, 5.41) is 0. The number of hydrogen-bond donors (Lipinski definition) is 0. The fourth-order valence-electron chi connectivity index (χ4n) is 4.27. The van der Waals surface area contributed by atoms with E-state index in [-0.39, 0.29) is 29.4 Å². The molecule has 6 nitrogen and oxygen atoms in total. The van der Waals surface area contributed by atoms with Crippen LogP contribution in [0, 0.1) is 0 Å². The van der Waals surface area contributed by atoms with E-state index in [2.05, 4.69) is 45.9 Å². The molecule has 0 aliphatic carbocycles. The van der Waals surface area contributed by atoms with Crippen LogP contribution in [0.2, 0.25) is 0 Å². The Morgan fingerprint density at radius 2 is 1.81 bits per heavy atom. The van der Waals surface area contributed by atoms with E-state index in [0.717, 1.165) is 17.4 Å². The van der Waals surface area contributed by atoms with Crippen molar-refractivity contribution in [1.82, 2.24) is 4.90 Å². The van der Waals surface area contributed by atoms with Gasteiger partial charge in [-0.25, -0.2) is 4.79 Å². The molecule has 1 aromatic carbocycles. The van der Waals surface area contributed by atoms with Gasteiger partial charge in [-0.3, -0.25) is 4.90 Å². The second-order valence-corrected chi connectivity index (χ2v) is 10.8. The fraction of sp³-hybridized carbons (Fsp3) is 0.625. The summed E-state index contributed by atoms with van der Waals surface area (Å²) in [6.45, 7) is 14.9. The van der Waals surface area contributed by atoms with Crippen LogP contribution in [-0.4, -0.2) is 60.2 Å². The molecular weight excluding hydrogens is 393 g/mol. The van der Waals surface area contributed by atoms with Gasteiger partial charge in [-0.15, -0.1) is 0 Å². The topological polar surface area (TPSA) is 57.2 Å². The van der Waals surface area contributed by atoms with E-state index in [4.69, 9.17) is 18.8 Å². The summed E-state index contributed by atoms with van der Waals surface area (Å²) in [6, 6.07) is 8.19. The molecular formula is C24H34BNO5. The highest BCUT2D eigenvalue weighted by molar-refractivity contribution is 6.62. The highest BCUT2D eigenvalue weighted by Crippen LogP contribution is 2.37. The maximum atomic E-state index is 12.8. The lowest BCUT2D eigenvalue weighted by Gasteiger charge is -2.44. The van der Waals surface area contributed by atoms with Crippen LogP contribution in [0.4, 0.5) is 4.79 Å². The summed E-state index contributed by atoms with van der Waals surface area (Å²) in [6.07, 6.45) is 2.60. The minimum absolute atomic E-state index is 0.0332. The molecule has 2 unspecified atom stereocenters. The summed E-state index contributed by atoms with van der Waals surface area (Å²) in [4.78, 5) is 14.6. The molecule has 4 rings (SSSR count). The maximum absolute atomic E-state index is 12.8. The van der Waals surface area contributed by atoms with Gasteiger partial charge in [-0.2, -0.15) is 0 Å². The Kier molecular flexibility index (Phi) is 5.52. The molecule has 2 bridgehead atoms. The zero-order valence-corrected chi connectivity index (χ0v) is 19.7. The maximum Gasteiger partial charge on any atom is 0.494 e. The van der Waals surface area contributed by atoms with E-state index < -0.39 is 12.7 Å². The van der Waals surface area contributed by atoms with Gasteiger partial charge in [-0.1, -0.05) is 30.3 Å². The Balaban J connectivity index is 1.57. The van der Waals surface area contributed by atoms with Crippen molar-refractivity contribution in [3.63, 3.8) is 0 Å². The molecule has 2 fully saturated rings. The van der Waals surface area contributed by atoms with Crippen LogP contribution < -0.4 is 5.46 Å². The second-order valence-electron chi connectivity index (χ2n) is 10.8. The molecule has 1 amide bonds. The minimum Gasteiger partial charge on any atom is -0.444 e. The molecule has 31 heavy (non-hydrogen) atoms. The van der Waals surface area contributed by atoms with E-state index in [1.54, 1.807) is 0 Å². The third kappa shape index (κ3) is 4.41. The lowest BCUT2D eigenvalue weighted by Crippen LogP contribution is -2.57. The van der Waals surface area contributed by atoms with Gasteiger partial charge in [0.05, 0.1) is 36.5 Å². The fourth-order valence-corrected chi connectivity index (χ4v) is 4.27. The number of carbonyl (C=O) groups excluding carboxylic acids is 1. The van der Waals surface area contributed by atoms with Gasteiger partial charge in [0.2, 0.25) is 0 Å². The number of rotatable bonds is 2. The minimum atomic E-state index is -0.520. The van der Waals surface area contributed by atoms with Gasteiger partial charge in [0.15, 0.2) is 0 Å². The number of amides is 1. The normalized spacial score (nSPS) is 27.1. The summed E-state index contributed by atoms with van der Waals surface area (Å²) in [7, 11) is -0.393. The first-order chi connectivity index (χ1) is 14.4. The van der Waals surface area contributed by atoms with Gasteiger partial charge >= 0.3 is 13.2 Å². The zero-order chi connectivity index (χ0) is 22.6. The molecule has 0 radical (unpaired) electrons. The number of nitrogens with zero attached hydrogens (tertiary/aromatic N) is 1. The Morgan fingerprint density at radius 1 is 1.13 bits per heavy atom. The van der Waals surface area contributed by atoms with Crippen LogP contribution in [0.1, 0.15) is 60.5 Å². The van der Waals surface area contributed by atoms with Crippen molar-refractivity contribution >= 4 is 24.2 Å². The standard InChI is InChI=1S/C24H34BNO5/c1-22(2,3)29-21(27)26-19-12-17(13-20(26)15-28-14-19)16-9-8-10-18(11-16)25-30-23(4,5)24(6,7)31-25/h8-12,19-20H,13-15H2,1-7H3. The highest BCUT2D eigenvalue weighted by atomic mass is 16.7. The molecule has 0 saturated carbocycles. The molecule has 2 saturated heterocycles. The van der Waals surface area contributed by atoms with Crippen molar-refractivity contribution < 1.29 is 23.6 Å². The highest BCUT2D eigenvalue weighted by Gasteiger charge is 2.51. The summed E-state index contributed by atoms with van der Waals surface area (Å²) in [5.74, 6) is 0. The smallest absolute Gasteiger partial charge is 0.444 e.